The minimum atomic E-state index is -0.417. The topological polar surface area (TPSA) is 51.4 Å². The first-order valence-corrected chi connectivity index (χ1v) is 6.83. The largest absolute Gasteiger partial charge is 0.269 e. The van der Waals surface area contributed by atoms with Gasteiger partial charge in [-0.05, 0) is 31.6 Å². The highest BCUT2D eigenvalue weighted by molar-refractivity contribution is 5.98. The zero-order valence-corrected chi connectivity index (χ0v) is 11.1. The Balaban J connectivity index is 1.75. The molecule has 1 spiro atoms. The lowest BCUT2D eigenvalue weighted by atomic mass is 9.85. The number of hydroxylamine groups is 1. The molecule has 0 radical (unpaired) electrons. The van der Waals surface area contributed by atoms with E-state index in [-0.39, 0.29) is 6.54 Å². The molecule has 1 fully saturated rings. The predicted molar refractivity (Wildman–Crippen MR) is 69.3 cm³/mol. The van der Waals surface area contributed by atoms with E-state index in [2.05, 4.69) is 17.5 Å². The predicted octanol–water partition coefficient (Wildman–Crippen LogP) is 2.04. The smallest absolute Gasteiger partial charge is 0.187 e. The van der Waals surface area contributed by atoms with E-state index in [1.807, 2.05) is 0 Å². The fourth-order valence-corrected chi connectivity index (χ4v) is 2.64. The molecule has 6 heteroatoms. The van der Waals surface area contributed by atoms with Crippen LogP contribution >= 0.6 is 0 Å². The van der Waals surface area contributed by atoms with Crippen molar-refractivity contribution < 1.29 is 9.23 Å². The van der Waals surface area contributed by atoms with Gasteiger partial charge in [0.1, 0.15) is 6.67 Å². The van der Waals surface area contributed by atoms with Gasteiger partial charge < -0.3 is 0 Å². The second-order valence-corrected chi connectivity index (χ2v) is 5.47. The minimum Gasteiger partial charge on any atom is -0.269 e. The van der Waals surface area contributed by atoms with Crippen LogP contribution in [0.3, 0.4) is 0 Å². The average Bonchev–Trinajstić information content (AvgIpc) is 3.02. The van der Waals surface area contributed by atoms with Crippen LogP contribution in [0.1, 0.15) is 38.2 Å². The van der Waals surface area contributed by atoms with Gasteiger partial charge >= 0.3 is 0 Å². The van der Waals surface area contributed by atoms with E-state index in [1.165, 1.54) is 0 Å². The molecule has 5 nitrogen and oxygen atoms in total. The van der Waals surface area contributed by atoms with Crippen LogP contribution < -0.4 is 5.48 Å². The highest BCUT2D eigenvalue weighted by Crippen LogP contribution is 2.37. The normalized spacial score (nSPS) is 30.4. The van der Waals surface area contributed by atoms with Crippen molar-refractivity contribution in [2.75, 3.05) is 6.67 Å². The second kappa shape index (κ2) is 4.92. The van der Waals surface area contributed by atoms with Crippen LogP contribution in [0.15, 0.2) is 17.4 Å². The van der Waals surface area contributed by atoms with E-state index >= 15 is 0 Å². The summed E-state index contributed by atoms with van der Waals surface area (Å²) in [6, 6.07) is 0. The number of aryl methyl sites for hydroxylation is 1. The number of rotatable bonds is 3. The molecule has 1 saturated carbocycles. The van der Waals surface area contributed by atoms with Crippen LogP contribution in [-0.2, 0) is 11.4 Å². The molecular weight excluding hydrogens is 247 g/mol. The molecule has 0 atom stereocenters. The summed E-state index contributed by atoms with van der Waals surface area (Å²) >= 11 is 0. The van der Waals surface area contributed by atoms with Gasteiger partial charge in [-0.25, -0.2) is 19.7 Å². The minimum absolute atomic E-state index is 0.275. The van der Waals surface area contributed by atoms with Gasteiger partial charge in [-0.2, -0.15) is 5.10 Å². The number of aliphatic imine (C=N–C) groups is 1. The highest BCUT2D eigenvalue weighted by Gasteiger charge is 2.40. The molecule has 2 aliphatic rings. The van der Waals surface area contributed by atoms with Crippen molar-refractivity contribution in [1.29, 1.82) is 0 Å². The Morgan fingerprint density at radius 1 is 1.53 bits per heavy atom. The van der Waals surface area contributed by atoms with Crippen molar-refractivity contribution >= 4 is 5.84 Å². The zero-order valence-electron chi connectivity index (χ0n) is 11.1. The highest BCUT2D eigenvalue weighted by atomic mass is 19.1. The summed E-state index contributed by atoms with van der Waals surface area (Å²) in [7, 11) is 0. The second-order valence-electron chi connectivity index (χ2n) is 5.47. The van der Waals surface area contributed by atoms with Gasteiger partial charge in [0.15, 0.2) is 11.6 Å². The third-order valence-corrected chi connectivity index (χ3v) is 3.93. The third-order valence-electron chi connectivity index (χ3n) is 3.93. The number of halogens is 1. The van der Waals surface area contributed by atoms with E-state index in [1.54, 1.807) is 17.1 Å². The molecule has 0 unspecified atom stereocenters. The number of hydrogen-bond donors (Lipinski definition) is 1. The first-order chi connectivity index (χ1) is 9.21. The van der Waals surface area contributed by atoms with Gasteiger partial charge in [-0.15, -0.1) is 0 Å². The maximum absolute atomic E-state index is 12.3. The standard InChI is InChI=1S/C13H19FN4O/c1-10-2-4-13(5-3-10)16-12(17-19-13)11-8-15-18(9-11)7-6-14/h8-10H,2-7H2,1H3,(H,16,17). The van der Waals surface area contributed by atoms with Gasteiger partial charge in [0.25, 0.3) is 0 Å². The summed E-state index contributed by atoms with van der Waals surface area (Å²) in [5.41, 5.74) is 3.36. The summed E-state index contributed by atoms with van der Waals surface area (Å²) in [6.07, 6.45) is 7.65. The molecule has 19 heavy (non-hydrogen) atoms. The van der Waals surface area contributed by atoms with Crippen molar-refractivity contribution in [3.63, 3.8) is 0 Å². The van der Waals surface area contributed by atoms with Gasteiger partial charge in [0, 0.05) is 6.20 Å². The van der Waals surface area contributed by atoms with Crippen molar-refractivity contribution in [3.05, 3.63) is 18.0 Å². The monoisotopic (exact) mass is 266 g/mol. The van der Waals surface area contributed by atoms with Crippen molar-refractivity contribution in [2.45, 2.75) is 44.9 Å². The molecule has 0 bridgehead atoms. The Labute approximate surface area is 111 Å². The van der Waals surface area contributed by atoms with E-state index in [9.17, 15) is 4.39 Å². The maximum Gasteiger partial charge on any atom is 0.187 e. The summed E-state index contributed by atoms with van der Waals surface area (Å²) in [4.78, 5) is 10.4. The van der Waals surface area contributed by atoms with Crippen molar-refractivity contribution in [3.8, 4) is 0 Å². The number of alkyl halides is 1. The summed E-state index contributed by atoms with van der Waals surface area (Å²) in [5.74, 6) is 1.46. The average molecular weight is 266 g/mol. The lowest BCUT2D eigenvalue weighted by Crippen LogP contribution is -2.34. The number of nitrogens with zero attached hydrogens (tertiary/aromatic N) is 3. The molecule has 1 aliphatic heterocycles. The Bertz CT molecular complexity index is 477. The lowest BCUT2D eigenvalue weighted by molar-refractivity contribution is -0.0826. The van der Waals surface area contributed by atoms with Crippen LogP contribution in [0, 0.1) is 5.92 Å². The molecule has 1 aromatic heterocycles. The van der Waals surface area contributed by atoms with Gasteiger partial charge in [-0.1, -0.05) is 6.92 Å². The SMILES string of the molecule is CC1CCC2(CC1)N=C(c1cnn(CCF)c1)NO2. The van der Waals surface area contributed by atoms with Gasteiger partial charge in [0.05, 0.1) is 18.3 Å². The molecule has 1 aromatic rings. The summed E-state index contributed by atoms with van der Waals surface area (Å²) < 4.78 is 13.8. The van der Waals surface area contributed by atoms with Gasteiger partial charge in [-0.3, -0.25) is 4.68 Å². The maximum atomic E-state index is 12.3. The molecule has 1 N–H and O–H groups in total. The van der Waals surface area contributed by atoms with Crippen LogP contribution in [0.2, 0.25) is 0 Å². The fourth-order valence-electron chi connectivity index (χ4n) is 2.64. The first kappa shape index (κ1) is 12.6. The zero-order chi connectivity index (χ0) is 13.3. The third kappa shape index (κ3) is 2.49. The Hall–Kier alpha value is -1.43. The number of aromatic nitrogens is 2. The van der Waals surface area contributed by atoms with Crippen molar-refractivity contribution in [1.82, 2.24) is 15.3 Å². The fraction of sp³-hybridized carbons (Fsp3) is 0.692. The molecule has 0 saturated heterocycles. The number of nitrogens with one attached hydrogen (secondary N) is 1. The van der Waals surface area contributed by atoms with E-state index in [4.69, 9.17) is 9.83 Å². The van der Waals surface area contributed by atoms with Crippen molar-refractivity contribution in [2.24, 2.45) is 10.9 Å². The van der Waals surface area contributed by atoms with E-state index < -0.39 is 12.4 Å². The number of hydrogen-bond acceptors (Lipinski definition) is 4. The number of amidine groups is 1. The summed E-state index contributed by atoms with van der Waals surface area (Å²) in [5, 5.41) is 4.10. The van der Waals surface area contributed by atoms with Gasteiger partial charge in [0.2, 0.25) is 0 Å². The van der Waals surface area contributed by atoms with Crippen LogP contribution in [-0.4, -0.2) is 28.0 Å². The lowest BCUT2D eigenvalue weighted by Gasteiger charge is -2.31. The molecule has 0 aromatic carbocycles. The Morgan fingerprint density at radius 2 is 2.32 bits per heavy atom. The Kier molecular flexibility index (Phi) is 3.26. The molecule has 0 amide bonds. The van der Waals surface area contributed by atoms with Crippen LogP contribution in [0.5, 0.6) is 0 Å². The van der Waals surface area contributed by atoms with Crippen LogP contribution in [0.25, 0.3) is 0 Å². The van der Waals surface area contributed by atoms with E-state index in [0.717, 1.165) is 37.2 Å². The molecule has 1 aliphatic carbocycles. The van der Waals surface area contributed by atoms with E-state index in [0.29, 0.717) is 5.84 Å². The molecule has 2 heterocycles. The molecule has 3 rings (SSSR count). The summed E-state index contributed by atoms with van der Waals surface area (Å²) in [6.45, 7) is 2.12. The van der Waals surface area contributed by atoms with Crippen LogP contribution in [0.4, 0.5) is 4.39 Å². The quantitative estimate of drug-likeness (QED) is 0.911. The molecule has 104 valence electrons. The Morgan fingerprint density at radius 3 is 3.05 bits per heavy atom. The molecular formula is C13H19FN4O. The first-order valence-electron chi connectivity index (χ1n) is 6.83.